The molecule has 2 aromatic rings. The predicted molar refractivity (Wildman–Crippen MR) is 111 cm³/mol. The zero-order chi connectivity index (χ0) is 20.6. The van der Waals surface area contributed by atoms with Crippen LogP contribution in [0, 0.1) is 5.92 Å². The second-order valence-electron chi connectivity index (χ2n) is 6.99. The number of rotatable bonds is 3. The molecule has 29 heavy (non-hydrogen) atoms. The van der Waals surface area contributed by atoms with E-state index in [0.717, 1.165) is 0 Å². The lowest BCUT2D eigenvalue weighted by molar-refractivity contribution is -0.151. The fraction of sp³-hybridized carbons (Fsp3) is 0.300. The molecule has 0 N–H and O–H groups in total. The van der Waals surface area contributed by atoms with Gasteiger partial charge in [0.2, 0.25) is 0 Å². The van der Waals surface area contributed by atoms with Crippen molar-refractivity contribution in [3.05, 3.63) is 63.6 Å². The lowest BCUT2D eigenvalue weighted by atomic mass is 9.96. The molecule has 0 aliphatic carbocycles. The van der Waals surface area contributed by atoms with E-state index in [2.05, 4.69) is 4.40 Å². The Hall–Kier alpha value is -2.09. The van der Waals surface area contributed by atoms with Crippen molar-refractivity contribution in [3.63, 3.8) is 0 Å². The van der Waals surface area contributed by atoms with Crippen LogP contribution in [0.15, 0.2) is 51.8 Å². The molecule has 0 amide bonds. The van der Waals surface area contributed by atoms with Crippen LogP contribution in [-0.4, -0.2) is 38.2 Å². The van der Waals surface area contributed by atoms with Gasteiger partial charge in [-0.3, -0.25) is 4.79 Å². The summed E-state index contributed by atoms with van der Waals surface area (Å²) in [6.07, 6.45) is 1.13. The number of esters is 1. The second kappa shape index (κ2) is 7.97. The Balaban J connectivity index is 1.37. The van der Waals surface area contributed by atoms with E-state index in [-0.39, 0.29) is 23.4 Å². The predicted octanol–water partition coefficient (Wildman–Crippen LogP) is 3.90. The number of sulfonamides is 1. The number of nitrogens with zero attached hydrogens (tertiary/aromatic N) is 2. The monoisotopic (exact) mass is 452 g/mol. The molecule has 2 heterocycles. The van der Waals surface area contributed by atoms with Crippen molar-refractivity contribution in [2.75, 3.05) is 13.1 Å². The quantitative estimate of drug-likeness (QED) is 0.659. The lowest BCUT2D eigenvalue weighted by Gasteiger charge is -2.32. The van der Waals surface area contributed by atoms with Crippen LogP contribution in [0.1, 0.15) is 24.0 Å². The van der Waals surface area contributed by atoms with Crippen LogP contribution in [0.5, 0.6) is 0 Å². The van der Waals surface area contributed by atoms with E-state index in [4.69, 9.17) is 27.9 Å². The molecule has 0 atom stereocenters. The molecular formula is C20H18Cl2N2O4S. The summed E-state index contributed by atoms with van der Waals surface area (Å²) in [5.74, 6) is -0.0661. The third kappa shape index (κ3) is 4.13. The van der Waals surface area contributed by atoms with Crippen molar-refractivity contribution >= 4 is 45.0 Å². The Morgan fingerprint density at radius 2 is 1.86 bits per heavy atom. The van der Waals surface area contributed by atoms with Crippen molar-refractivity contribution in [1.82, 2.24) is 4.90 Å². The van der Waals surface area contributed by atoms with Gasteiger partial charge in [-0.05, 0) is 37.1 Å². The topological polar surface area (TPSA) is 76.0 Å². The molecule has 9 heteroatoms. The van der Waals surface area contributed by atoms with Gasteiger partial charge >= 0.3 is 5.97 Å². The van der Waals surface area contributed by atoms with Crippen LogP contribution in [0.2, 0.25) is 10.0 Å². The van der Waals surface area contributed by atoms with Crippen molar-refractivity contribution in [2.24, 2.45) is 10.3 Å². The SMILES string of the molecule is O=C(OCc1ccc(Cl)cc1Cl)C1CCN(C2=NS(=O)(=O)c3ccccc32)CC1. The van der Waals surface area contributed by atoms with Gasteiger partial charge in [0, 0.05) is 34.3 Å². The number of fused-ring (bicyclic) bond motifs is 1. The molecule has 1 fully saturated rings. The van der Waals surface area contributed by atoms with Gasteiger partial charge in [-0.2, -0.15) is 8.42 Å². The zero-order valence-electron chi connectivity index (χ0n) is 15.3. The molecule has 1 saturated heterocycles. The number of hydrogen-bond acceptors (Lipinski definition) is 5. The van der Waals surface area contributed by atoms with E-state index >= 15 is 0 Å². The fourth-order valence-electron chi connectivity index (χ4n) is 3.55. The highest BCUT2D eigenvalue weighted by molar-refractivity contribution is 7.90. The number of likely N-dealkylation sites (tertiary alicyclic amines) is 1. The van der Waals surface area contributed by atoms with Crippen LogP contribution >= 0.6 is 23.2 Å². The average Bonchev–Trinajstić information content (AvgIpc) is 2.99. The van der Waals surface area contributed by atoms with Crippen LogP contribution in [-0.2, 0) is 26.2 Å². The molecule has 4 rings (SSSR count). The molecular weight excluding hydrogens is 435 g/mol. The summed E-state index contributed by atoms with van der Waals surface area (Å²) in [6, 6.07) is 11.8. The van der Waals surface area contributed by atoms with Crippen molar-refractivity contribution in [1.29, 1.82) is 0 Å². The Bertz CT molecular complexity index is 1090. The average molecular weight is 453 g/mol. The number of halogens is 2. The molecule has 0 spiro atoms. The minimum absolute atomic E-state index is 0.0907. The molecule has 0 radical (unpaired) electrons. The summed E-state index contributed by atoms with van der Waals surface area (Å²) in [6.45, 7) is 1.15. The number of hydrogen-bond donors (Lipinski definition) is 0. The molecule has 2 aliphatic rings. The van der Waals surface area contributed by atoms with E-state index in [0.29, 0.717) is 52.9 Å². The van der Waals surface area contributed by atoms with Gasteiger partial charge in [0.15, 0.2) is 5.84 Å². The molecule has 0 saturated carbocycles. The lowest BCUT2D eigenvalue weighted by Crippen LogP contribution is -2.40. The van der Waals surface area contributed by atoms with Crippen molar-refractivity contribution in [3.8, 4) is 0 Å². The minimum atomic E-state index is -3.65. The first kappa shape index (κ1) is 20.2. The van der Waals surface area contributed by atoms with Gasteiger partial charge in [-0.1, -0.05) is 41.4 Å². The summed E-state index contributed by atoms with van der Waals surface area (Å²) in [5, 5.41) is 0.982. The first-order valence-electron chi connectivity index (χ1n) is 9.15. The maximum atomic E-state index is 12.4. The maximum Gasteiger partial charge on any atom is 0.309 e. The van der Waals surface area contributed by atoms with Gasteiger partial charge in [-0.25, -0.2) is 0 Å². The number of carbonyl (C=O) groups is 1. The Labute approximate surface area is 179 Å². The van der Waals surface area contributed by atoms with Crippen LogP contribution < -0.4 is 0 Å². The zero-order valence-corrected chi connectivity index (χ0v) is 17.7. The third-order valence-corrected chi connectivity index (χ3v) is 7.04. The standard InChI is InChI=1S/C20H18Cl2N2O4S/c21-15-6-5-14(17(22)11-15)12-28-20(25)13-7-9-24(10-8-13)19-16-3-1-2-4-18(16)29(26,27)23-19/h1-6,11,13H,7-10,12H2. The molecule has 0 unspecified atom stereocenters. The van der Waals surface area contributed by atoms with Crippen LogP contribution in [0.25, 0.3) is 0 Å². The van der Waals surface area contributed by atoms with Crippen LogP contribution in [0.3, 0.4) is 0 Å². The van der Waals surface area contributed by atoms with Crippen molar-refractivity contribution in [2.45, 2.75) is 24.3 Å². The molecule has 0 aromatic heterocycles. The van der Waals surface area contributed by atoms with E-state index in [9.17, 15) is 13.2 Å². The van der Waals surface area contributed by atoms with Gasteiger partial charge in [-0.15, -0.1) is 4.40 Å². The third-order valence-electron chi connectivity index (χ3n) is 5.13. The van der Waals surface area contributed by atoms with E-state index in [1.807, 2.05) is 4.90 Å². The van der Waals surface area contributed by atoms with E-state index in [1.165, 1.54) is 0 Å². The number of ether oxygens (including phenoxy) is 1. The highest BCUT2D eigenvalue weighted by Crippen LogP contribution is 2.30. The van der Waals surface area contributed by atoms with Crippen LogP contribution in [0.4, 0.5) is 0 Å². The molecule has 2 aliphatic heterocycles. The summed E-state index contributed by atoms with van der Waals surface area (Å²) >= 11 is 12.0. The summed E-state index contributed by atoms with van der Waals surface area (Å²) < 4.78 is 33.9. The Kier molecular flexibility index (Phi) is 5.55. The molecule has 6 nitrogen and oxygen atoms in total. The van der Waals surface area contributed by atoms with Gasteiger partial charge in [0.25, 0.3) is 10.0 Å². The number of amidine groups is 1. The summed E-state index contributed by atoms with van der Waals surface area (Å²) in [4.78, 5) is 14.6. The normalized spacial score (nSPS) is 18.3. The molecule has 2 aromatic carbocycles. The maximum absolute atomic E-state index is 12.4. The Morgan fingerprint density at radius 1 is 1.14 bits per heavy atom. The number of benzene rings is 2. The second-order valence-corrected chi connectivity index (χ2v) is 9.41. The van der Waals surface area contributed by atoms with E-state index in [1.54, 1.807) is 42.5 Å². The highest BCUT2D eigenvalue weighted by Gasteiger charge is 2.34. The van der Waals surface area contributed by atoms with E-state index < -0.39 is 10.0 Å². The first-order valence-corrected chi connectivity index (χ1v) is 11.3. The number of carbonyl (C=O) groups excluding carboxylic acids is 1. The molecule has 0 bridgehead atoms. The van der Waals surface area contributed by atoms with Crippen molar-refractivity contribution < 1.29 is 17.9 Å². The smallest absolute Gasteiger partial charge is 0.309 e. The number of piperidine rings is 1. The van der Waals surface area contributed by atoms with Gasteiger partial charge in [0.1, 0.15) is 11.5 Å². The molecule has 152 valence electrons. The fourth-order valence-corrected chi connectivity index (χ4v) is 5.24. The largest absolute Gasteiger partial charge is 0.461 e. The van der Waals surface area contributed by atoms with Gasteiger partial charge in [0.05, 0.1) is 5.92 Å². The summed E-state index contributed by atoms with van der Waals surface area (Å²) in [5.41, 5.74) is 1.31. The Morgan fingerprint density at radius 3 is 2.59 bits per heavy atom. The first-order chi connectivity index (χ1) is 13.8. The highest BCUT2D eigenvalue weighted by atomic mass is 35.5. The minimum Gasteiger partial charge on any atom is -0.461 e. The van der Waals surface area contributed by atoms with Gasteiger partial charge < -0.3 is 9.64 Å². The summed E-state index contributed by atoms with van der Waals surface area (Å²) in [7, 11) is -3.65.